The van der Waals surface area contributed by atoms with E-state index in [9.17, 15) is 21.6 Å². The maximum Gasteiger partial charge on any atom is 0.417 e. The van der Waals surface area contributed by atoms with Crippen LogP contribution in [0.15, 0.2) is 35.2 Å². The lowest BCUT2D eigenvalue weighted by Crippen LogP contribution is -2.33. The summed E-state index contributed by atoms with van der Waals surface area (Å²) in [6, 6.07) is 7.48. The Labute approximate surface area is 165 Å². The molecule has 1 fully saturated rings. The molecule has 0 spiro atoms. The first kappa shape index (κ1) is 20.1. The summed E-state index contributed by atoms with van der Waals surface area (Å²) in [6.45, 7) is 0.790. The predicted octanol–water partition coefficient (Wildman–Crippen LogP) is 1.49. The van der Waals surface area contributed by atoms with Gasteiger partial charge in [0.05, 0.1) is 5.56 Å². The van der Waals surface area contributed by atoms with Gasteiger partial charge in [-0.05, 0) is 41.7 Å². The average Bonchev–Trinajstić information content (AvgIpc) is 3.19. The third-order valence-electron chi connectivity index (χ3n) is 4.96. The molecule has 0 radical (unpaired) electrons. The minimum atomic E-state index is -4.90. The molecule has 29 heavy (non-hydrogen) atoms. The van der Waals surface area contributed by atoms with E-state index in [2.05, 4.69) is 27.2 Å². The Balaban J connectivity index is 2.06. The van der Waals surface area contributed by atoms with Crippen molar-refractivity contribution in [2.24, 2.45) is 5.14 Å². The standard InChI is InChI=1S/C17H19F3N6O2S/c18-17(19,20)12-7-6-11(9-3-1-5-13-10(9)4-2-8-22-13)14(15(12)29(21,27)28)16-23-25-26-24-16/h1,3,5-7,16,22-26H,2,4,8H2,(H2,21,27,28). The molecule has 0 amide bonds. The van der Waals surface area contributed by atoms with Crippen molar-refractivity contribution < 1.29 is 21.6 Å². The first-order valence-electron chi connectivity index (χ1n) is 8.82. The van der Waals surface area contributed by atoms with Crippen LogP contribution in [0.5, 0.6) is 0 Å². The van der Waals surface area contributed by atoms with Gasteiger partial charge in [-0.15, -0.1) is 0 Å². The maximum absolute atomic E-state index is 13.7. The number of hydrazine groups is 3. The lowest BCUT2D eigenvalue weighted by molar-refractivity contribution is -0.140. The van der Waals surface area contributed by atoms with Gasteiger partial charge in [-0.3, -0.25) is 0 Å². The van der Waals surface area contributed by atoms with Gasteiger partial charge in [-0.2, -0.15) is 24.2 Å². The molecule has 0 unspecified atom stereocenters. The minimum Gasteiger partial charge on any atom is -0.385 e. The van der Waals surface area contributed by atoms with Crippen molar-refractivity contribution >= 4 is 15.7 Å². The first-order valence-corrected chi connectivity index (χ1v) is 10.4. The first-order chi connectivity index (χ1) is 13.7. The number of hydrogen-bond donors (Lipinski definition) is 6. The van der Waals surface area contributed by atoms with E-state index in [1.165, 1.54) is 6.07 Å². The number of rotatable bonds is 3. The molecule has 156 valence electrons. The number of alkyl halides is 3. The average molecular weight is 428 g/mol. The van der Waals surface area contributed by atoms with Crippen LogP contribution < -0.4 is 32.4 Å². The SMILES string of the molecule is NS(=O)(=O)c1c(C(F)(F)F)ccc(-c2cccc3c2CCCN3)c1C1NNNN1. The van der Waals surface area contributed by atoms with Gasteiger partial charge in [-0.1, -0.05) is 18.2 Å². The van der Waals surface area contributed by atoms with Gasteiger partial charge < -0.3 is 5.32 Å². The highest BCUT2D eigenvalue weighted by atomic mass is 32.2. The summed E-state index contributed by atoms with van der Waals surface area (Å²) in [7, 11) is -4.71. The highest BCUT2D eigenvalue weighted by molar-refractivity contribution is 7.89. The number of benzene rings is 2. The number of sulfonamides is 1. The monoisotopic (exact) mass is 428 g/mol. The van der Waals surface area contributed by atoms with Crippen LogP contribution in [0.2, 0.25) is 0 Å². The van der Waals surface area contributed by atoms with E-state index in [0.717, 1.165) is 30.3 Å². The van der Waals surface area contributed by atoms with Crippen LogP contribution in [0.3, 0.4) is 0 Å². The quantitative estimate of drug-likeness (QED) is 0.438. The van der Waals surface area contributed by atoms with E-state index < -0.39 is 32.8 Å². The number of halogens is 3. The van der Waals surface area contributed by atoms with Crippen molar-refractivity contribution in [3.63, 3.8) is 0 Å². The van der Waals surface area contributed by atoms with Crippen LogP contribution in [0, 0.1) is 0 Å². The second kappa shape index (κ2) is 7.23. The second-order valence-electron chi connectivity index (χ2n) is 6.78. The zero-order chi connectivity index (χ0) is 20.8. The van der Waals surface area contributed by atoms with Gasteiger partial charge in [-0.25, -0.2) is 24.4 Å². The molecule has 0 bridgehead atoms. The molecule has 0 atom stereocenters. The van der Waals surface area contributed by atoms with Crippen molar-refractivity contribution in [2.45, 2.75) is 30.1 Å². The van der Waals surface area contributed by atoms with Crippen LogP contribution in [0.1, 0.15) is 29.3 Å². The van der Waals surface area contributed by atoms with Gasteiger partial charge in [0.15, 0.2) is 0 Å². The fourth-order valence-electron chi connectivity index (χ4n) is 3.81. The van der Waals surface area contributed by atoms with E-state index >= 15 is 0 Å². The summed E-state index contributed by atoms with van der Waals surface area (Å²) in [6.07, 6.45) is -4.31. The normalized spacial score (nSPS) is 17.8. The number of fused-ring (bicyclic) bond motifs is 1. The summed E-state index contributed by atoms with van der Waals surface area (Å²) < 4.78 is 65.6. The summed E-state index contributed by atoms with van der Waals surface area (Å²) in [5, 5.41) is 8.53. The summed E-state index contributed by atoms with van der Waals surface area (Å²) in [5.74, 6) is 0. The zero-order valence-electron chi connectivity index (χ0n) is 15.0. The third kappa shape index (κ3) is 3.70. The minimum absolute atomic E-state index is 0.112. The fraction of sp³-hybridized carbons (Fsp3) is 0.294. The molecule has 2 aromatic carbocycles. The lowest BCUT2D eigenvalue weighted by Gasteiger charge is -2.26. The van der Waals surface area contributed by atoms with Crippen molar-refractivity contribution in [3.8, 4) is 11.1 Å². The number of nitrogens with one attached hydrogen (secondary N) is 5. The molecule has 0 aliphatic carbocycles. The van der Waals surface area contributed by atoms with Crippen molar-refractivity contribution in [1.29, 1.82) is 0 Å². The number of primary sulfonamides is 1. The summed E-state index contributed by atoms with van der Waals surface area (Å²) in [4.78, 5) is -0.959. The highest BCUT2D eigenvalue weighted by Gasteiger charge is 2.41. The third-order valence-corrected chi connectivity index (χ3v) is 5.96. The lowest BCUT2D eigenvalue weighted by atomic mass is 9.89. The zero-order valence-corrected chi connectivity index (χ0v) is 15.8. The van der Waals surface area contributed by atoms with E-state index in [1.54, 1.807) is 12.1 Å². The largest absolute Gasteiger partial charge is 0.417 e. The second-order valence-corrected chi connectivity index (χ2v) is 8.28. The molecule has 1 saturated heterocycles. The van der Waals surface area contributed by atoms with E-state index in [-0.39, 0.29) is 5.56 Å². The molecule has 2 aromatic rings. The van der Waals surface area contributed by atoms with Gasteiger partial charge in [0, 0.05) is 17.8 Å². The molecular weight excluding hydrogens is 409 g/mol. The number of nitrogens with two attached hydrogens (primary N) is 1. The van der Waals surface area contributed by atoms with Gasteiger partial charge in [0.1, 0.15) is 11.1 Å². The highest BCUT2D eigenvalue weighted by Crippen LogP contribution is 2.43. The Kier molecular flexibility index (Phi) is 5.01. The van der Waals surface area contributed by atoms with Crippen LogP contribution in [-0.4, -0.2) is 15.0 Å². The Morgan fingerprint density at radius 1 is 1.03 bits per heavy atom. The molecule has 7 N–H and O–H groups in total. The van der Waals surface area contributed by atoms with Crippen LogP contribution in [0.4, 0.5) is 18.9 Å². The van der Waals surface area contributed by atoms with Gasteiger partial charge in [0.25, 0.3) is 0 Å². The predicted molar refractivity (Wildman–Crippen MR) is 100 cm³/mol. The van der Waals surface area contributed by atoms with Crippen LogP contribution in [0.25, 0.3) is 11.1 Å². The molecule has 2 aliphatic heterocycles. The molecule has 0 aromatic heterocycles. The van der Waals surface area contributed by atoms with E-state index in [1.807, 2.05) is 6.07 Å². The summed E-state index contributed by atoms with van der Waals surface area (Å²) >= 11 is 0. The van der Waals surface area contributed by atoms with Crippen molar-refractivity contribution in [2.75, 3.05) is 11.9 Å². The van der Waals surface area contributed by atoms with Crippen LogP contribution >= 0.6 is 0 Å². The Morgan fingerprint density at radius 3 is 2.41 bits per heavy atom. The van der Waals surface area contributed by atoms with Crippen molar-refractivity contribution in [1.82, 2.24) is 21.9 Å². The molecule has 2 aliphatic rings. The molecular formula is C17H19F3N6O2S. The van der Waals surface area contributed by atoms with Gasteiger partial charge in [0.2, 0.25) is 10.0 Å². The summed E-state index contributed by atoms with van der Waals surface area (Å²) in [5.41, 5.74) is 11.7. The fourth-order valence-corrected chi connectivity index (χ4v) is 4.83. The Hall–Kier alpha value is -2.22. The maximum atomic E-state index is 13.7. The Bertz CT molecular complexity index is 1050. The molecule has 8 nitrogen and oxygen atoms in total. The molecule has 4 rings (SSSR count). The number of hydrogen-bond acceptors (Lipinski definition) is 7. The molecule has 0 saturated carbocycles. The number of anilines is 1. The van der Waals surface area contributed by atoms with Crippen molar-refractivity contribution in [3.05, 3.63) is 47.0 Å². The Morgan fingerprint density at radius 2 is 1.76 bits per heavy atom. The molecule has 2 heterocycles. The van der Waals surface area contributed by atoms with E-state index in [4.69, 9.17) is 5.14 Å². The van der Waals surface area contributed by atoms with Gasteiger partial charge >= 0.3 is 6.18 Å². The smallest absolute Gasteiger partial charge is 0.385 e. The van der Waals surface area contributed by atoms with E-state index in [0.29, 0.717) is 17.5 Å². The molecule has 12 heteroatoms. The van der Waals surface area contributed by atoms with Crippen LogP contribution in [-0.2, 0) is 22.6 Å². The topological polar surface area (TPSA) is 120 Å².